The number of hydrogen-bond donors (Lipinski definition) is 0. The Labute approximate surface area is 151 Å². The van der Waals surface area contributed by atoms with E-state index in [2.05, 4.69) is 21.1 Å². The number of aromatic nitrogens is 1. The van der Waals surface area contributed by atoms with E-state index in [0.717, 1.165) is 6.26 Å². The van der Waals surface area contributed by atoms with Gasteiger partial charge in [0.15, 0.2) is 9.84 Å². The zero-order chi connectivity index (χ0) is 18.2. The van der Waals surface area contributed by atoms with Crippen molar-refractivity contribution in [2.24, 2.45) is 0 Å². The van der Waals surface area contributed by atoms with Crippen molar-refractivity contribution in [1.82, 2.24) is 5.16 Å². The van der Waals surface area contributed by atoms with Crippen LogP contribution in [0.1, 0.15) is 5.76 Å². The number of halogens is 3. The van der Waals surface area contributed by atoms with E-state index in [1.165, 1.54) is 24.3 Å². The lowest BCUT2D eigenvalue weighted by molar-refractivity contribution is 0.0793. The summed E-state index contributed by atoms with van der Waals surface area (Å²) in [4.78, 5) is -3.26. The van der Waals surface area contributed by atoms with E-state index in [1.54, 1.807) is 30.3 Å². The molecule has 1 heterocycles. The summed E-state index contributed by atoms with van der Waals surface area (Å²) in [6.45, 7) is 0. The molecule has 0 atom stereocenters. The van der Waals surface area contributed by atoms with E-state index in [-0.39, 0.29) is 16.2 Å². The number of benzene rings is 2. The van der Waals surface area contributed by atoms with E-state index in [4.69, 9.17) is 4.52 Å². The van der Waals surface area contributed by atoms with Crippen LogP contribution in [0, 0.1) is 0 Å². The molecule has 0 unspecified atom stereocenters. The summed E-state index contributed by atoms with van der Waals surface area (Å²) in [7, 11) is -3.35. The average Bonchev–Trinajstić information content (AvgIpc) is 3.00. The van der Waals surface area contributed by atoms with Gasteiger partial charge in [-0.3, -0.25) is 0 Å². The Balaban J connectivity index is 2.19. The molecule has 0 fully saturated rings. The van der Waals surface area contributed by atoms with E-state index < -0.39 is 20.4 Å². The summed E-state index contributed by atoms with van der Waals surface area (Å²) in [6, 6.07) is 14.4. The fourth-order valence-electron chi connectivity index (χ4n) is 2.41. The molecule has 8 heteroatoms. The molecule has 3 aromatic rings. The minimum absolute atomic E-state index is 0.132. The fraction of sp³-hybridized carbons (Fsp3) is 0.118. The van der Waals surface area contributed by atoms with Crippen LogP contribution in [0.4, 0.5) is 8.78 Å². The Kier molecular flexibility index (Phi) is 4.51. The first-order valence-corrected chi connectivity index (χ1v) is 9.79. The van der Waals surface area contributed by atoms with Crippen LogP contribution < -0.4 is 0 Å². The van der Waals surface area contributed by atoms with Gasteiger partial charge in [-0.25, -0.2) is 8.42 Å². The Bertz CT molecular complexity index is 995. The maximum absolute atomic E-state index is 13.9. The monoisotopic (exact) mass is 427 g/mol. The van der Waals surface area contributed by atoms with Crippen LogP contribution in [0.15, 0.2) is 64.0 Å². The molecule has 130 valence electrons. The molecule has 0 aliphatic heterocycles. The zero-order valence-electron chi connectivity index (χ0n) is 12.9. The van der Waals surface area contributed by atoms with E-state index in [0.29, 0.717) is 11.1 Å². The van der Waals surface area contributed by atoms with Crippen molar-refractivity contribution < 1.29 is 21.7 Å². The molecule has 0 amide bonds. The van der Waals surface area contributed by atoms with Gasteiger partial charge in [0.25, 0.3) is 0 Å². The minimum Gasteiger partial charge on any atom is -0.353 e. The second kappa shape index (κ2) is 6.34. The van der Waals surface area contributed by atoms with Gasteiger partial charge >= 0.3 is 4.83 Å². The normalized spacial score (nSPS) is 12.3. The second-order valence-electron chi connectivity index (χ2n) is 5.40. The SMILES string of the molecule is CS(=O)(=O)c1ccc(-c2noc(C(F)(F)Br)c2-c2ccccc2)cc1. The van der Waals surface area contributed by atoms with Crippen molar-refractivity contribution in [2.75, 3.05) is 6.26 Å². The Morgan fingerprint density at radius 3 is 2.12 bits per heavy atom. The van der Waals surface area contributed by atoms with Gasteiger partial charge in [-0.1, -0.05) is 47.6 Å². The molecule has 0 bridgehead atoms. The van der Waals surface area contributed by atoms with Crippen LogP contribution in [0.25, 0.3) is 22.4 Å². The van der Waals surface area contributed by atoms with Crippen LogP contribution in [-0.4, -0.2) is 19.8 Å². The summed E-state index contributed by atoms with van der Waals surface area (Å²) >= 11 is 2.31. The van der Waals surface area contributed by atoms with Gasteiger partial charge in [0.05, 0.1) is 10.5 Å². The Hall–Kier alpha value is -2.06. The summed E-state index contributed by atoms with van der Waals surface area (Å²) in [5.41, 5.74) is 1.34. The summed E-state index contributed by atoms with van der Waals surface area (Å²) < 4.78 is 55.7. The molecule has 0 N–H and O–H groups in total. The highest BCUT2D eigenvalue weighted by Crippen LogP contribution is 2.44. The largest absolute Gasteiger partial charge is 0.361 e. The molecule has 1 aromatic heterocycles. The predicted octanol–water partition coefficient (Wildman–Crippen LogP) is 4.86. The van der Waals surface area contributed by atoms with E-state index in [9.17, 15) is 17.2 Å². The van der Waals surface area contributed by atoms with Gasteiger partial charge in [0, 0.05) is 11.8 Å². The van der Waals surface area contributed by atoms with Gasteiger partial charge in [0.1, 0.15) is 5.69 Å². The lowest BCUT2D eigenvalue weighted by Gasteiger charge is -2.08. The molecule has 0 aliphatic rings. The van der Waals surface area contributed by atoms with Crippen molar-refractivity contribution in [2.45, 2.75) is 9.73 Å². The smallest absolute Gasteiger partial charge is 0.353 e. The number of sulfone groups is 1. The highest BCUT2D eigenvalue weighted by molar-refractivity contribution is 9.09. The van der Waals surface area contributed by atoms with Crippen LogP contribution in [-0.2, 0) is 14.7 Å². The predicted molar refractivity (Wildman–Crippen MR) is 93.3 cm³/mol. The summed E-state index contributed by atoms with van der Waals surface area (Å²) in [6.07, 6.45) is 1.09. The Morgan fingerprint density at radius 2 is 1.60 bits per heavy atom. The molecule has 0 saturated heterocycles. The average molecular weight is 428 g/mol. The van der Waals surface area contributed by atoms with Crippen molar-refractivity contribution in [3.8, 4) is 22.4 Å². The zero-order valence-corrected chi connectivity index (χ0v) is 15.3. The van der Waals surface area contributed by atoms with Gasteiger partial charge in [-0.15, -0.1) is 0 Å². The number of nitrogens with zero attached hydrogens (tertiary/aromatic N) is 1. The molecule has 25 heavy (non-hydrogen) atoms. The van der Waals surface area contributed by atoms with Crippen LogP contribution in [0.3, 0.4) is 0 Å². The molecule has 0 saturated carbocycles. The van der Waals surface area contributed by atoms with Gasteiger partial charge in [-0.05, 0) is 33.6 Å². The highest BCUT2D eigenvalue weighted by Gasteiger charge is 2.38. The molecule has 0 spiro atoms. The maximum atomic E-state index is 13.9. The summed E-state index contributed by atoms with van der Waals surface area (Å²) in [5.74, 6) is -0.610. The molecule has 4 nitrogen and oxygen atoms in total. The number of hydrogen-bond acceptors (Lipinski definition) is 4. The second-order valence-corrected chi connectivity index (χ2v) is 8.41. The first kappa shape index (κ1) is 17.8. The third kappa shape index (κ3) is 3.64. The fourth-order valence-corrected chi connectivity index (χ4v) is 3.31. The van der Waals surface area contributed by atoms with Crippen LogP contribution in [0.5, 0.6) is 0 Å². The maximum Gasteiger partial charge on any atom is 0.361 e. The number of rotatable bonds is 4. The standard InChI is InChI=1S/C17H12BrF2NO3S/c1-25(22,23)13-9-7-12(8-10-13)15-14(11-5-3-2-4-6-11)16(24-21-15)17(18,19)20/h2-10H,1H3. The highest BCUT2D eigenvalue weighted by atomic mass is 79.9. The third-order valence-electron chi connectivity index (χ3n) is 3.57. The van der Waals surface area contributed by atoms with Gasteiger partial charge in [-0.2, -0.15) is 8.78 Å². The quantitative estimate of drug-likeness (QED) is 0.558. The topological polar surface area (TPSA) is 60.2 Å². The molecule has 2 aromatic carbocycles. The lowest BCUT2D eigenvalue weighted by atomic mass is 9.99. The van der Waals surface area contributed by atoms with Crippen molar-refractivity contribution in [1.29, 1.82) is 0 Å². The molecular formula is C17H12BrF2NO3S. The molecule has 0 radical (unpaired) electrons. The van der Waals surface area contributed by atoms with E-state index >= 15 is 0 Å². The van der Waals surface area contributed by atoms with Crippen molar-refractivity contribution in [3.05, 3.63) is 60.4 Å². The van der Waals surface area contributed by atoms with E-state index in [1.807, 2.05) is 0 Å². The van der Waals surface area contributed by atoms with Crippen molar-refractivity contribution >= 4 is 25.8 Å². The lowest BCUT2D eigenvalue weighted by Crippen LogP contribution is -2.02. The minimum atomic E-state index is -3.39. The Morgan fingerprint density at radius 1 is 1.00 bits per heavy atom. The first-order chi connectivity index (χ1) is 11.7. The summed E-state index contributed by atoms with van der Waals surface area (Å²) in [5, 5.41) is 3.79. The molecule has 3 rings (SSSR count). The molecular weight excluding hydrogens is 416 g/mol. The molecule has 0 aliphatic carbocycles. The van der Waals surface area contributed by atoms with Gasteiger partial charge in [0.2, 0.25) is 5.76 Å². The van der Waals surface area contributed by atoms with Crippen LogP contribution >= 0.6 is 15.9 Å². The first-order valence-electron chi connectivity index (χ1n) is 7.11. The van der Waals surface area contributed by atoms with Crippen molar-refractivity contribution in [3.63, 3.8) is 0 Å². The third-order valence-corrected chi connectivity index (χ3v) is 5.06. The van der Waals surface area contributed by atoms with Crippen LogP contribution in [0.2, 0.25) is 0 Å². The van der Waals surface area contributed by atoms with Gasteiger partial charge < -0.3 is 4.52 Å². The number of alkyl halides is 3.